The molecular weight excluding hydrogens is 817 g/mol. The van der Waals surface area contributed by atoms with Crippen molar-refractivity contribution < 1.29 is 38.7 Å². The number of aliphatic imine (C=N–C) groups is 2. The van der Waals surface area contributed by atoms with Gasteiger partial charge in [0.1, 0.15) is 34.5 Å². The fourth-order valence-electron chi connectivity index (χ4n) is 6.74. The van der Waals surface area contributed by atoms with Crippen molar-refractivity contribution in [1.29, 1.82) is 0 Å². The first kappa shape index (κ1) is 47.3. The first-order valence-corrected chi connectivity index (χ1v) is 22.6. The first-order chi connectivity index (χ1) is 31.8. The van der Waals surface area contributed by atoms with Crippen molar-refractivity contribution in [2.24, 2.45) is 9.98 Å². The summed E-state index contributed by atoms with van der Waals surface area (Å²) in [5.41, 5.74) is 5.88. The molecule has 0 aliphatic rings. The third-order valence-corrected chi connectivity index (χ3v) is 10.6. The molecular formula is C55H58N2O8. The maximum atomic E-state index is 12.8. The van der Waals surface area contributed by atoms with Crippen LogP contribution in [0.25, 0.3) is 22.3 Å². The lowest BCUT2D eigenvalue weighted by atomic mass is 10.0. The van der Waals surface area contributed by atoms with Crippen LogP contribution in [0.3, 0.4) is 0 Å². The Balaban J connectivity index is 0.836. The van der Waals surface area contributed by atoms with Crippen LogP contribution < -0.4 is 18.9 Å². The molecule has 336 valence electrons. The summed E-state index contributed by atoms with van der Waals surface area (Å²) in [5.74, 6) is 1.10. The molecule has 10 nitrogen and oxygen atoms in total. The number of phenolic OH excluding ortho intramolecular Hbond substituents is 2. The standard InChI is InChI=1S/C55H58N2O8/c1-3-5-34-62-48-26-20-42(21-27-48)40-12-16-44(17-13-40)54(60)64-50-30-24-46(52(58)36-50)38-56-32-10-8-7-9-11-33-57-39-47-25-31-51(37-53(47)59)65-55(61)45-18-14-41(15-19-45)43-22-28-49(29-23-43)63-35-6-4-2/h12-31,36-39,58-59H,3-11,32-35H2,1-2H3. The molecule has 0 atom stereocenters. The Morgan fingerprint density at radius 3 is 1.14 bits per heavy atom. The highest BCUT2D eigenvalue weighted by Gasteiger charge is 2.13. The van der Waals surface area contributed by atoms with Gasteiger partial charge < -0.3 is 29.2 Å². The van der Waals surface area contributed by atoms with E-state index in [0.717, 1.165) is 91.5 Å². The van der Waals surface area contributed by atoms with Gasteiger partial charge in [-0.25, -0.2) is 9.59 Å². The number of ether oxygens (including phenoxy) is 4. The second-order valence-electron chi connectivity index (χ2n) is 15.7. The van der Waals surface area contributed by atoms with Crippen LogP contribution in [0.1, 0.15) is 103 Å². The van der Waals surface area contributed by atoms with Crippen LogP contribution in [-0.2, 0) is 0 Å². The monoisotopic (exact) mass is 874 g/mol. The second-order valence-corrected chi connectivity index (χ2v) is 15.7. The number of aromatic hydroxyl groups is 2. The van der Waals surface area contributed by atoms with Crippen molar-refractivity contribution in [3.05, 3.63) is 156 Å². The summed E-state index contributed by atoms with van der Waals surface area (Å²) in [7, 11) is 0. The van der Waals surface area contributed by atoms with Gasteiger partial charge in [-0.1, -0.05) is 94.5 Å². The molecule has 10 heteroatoms. The van der Waals surface area contributed by atoms with Gasteiger partial charge in [-0.15, -0.1) is 0 Å². The molecule has 0 radical (unpaired) electrons. The summed E-state index contributed by atoms with van der Waals surface area (Å²) >= 11 is 0. The molecule has 0 heterocycles. The molecule has 0 aromatic heterocycles. The Hall–Kier alpha value is -7.20. The zero-order valence-electron chi connectivity index (χ0n) is 37.3. The molecule has 2 N–H and O–H groups in total. The fourth-order valence-corrected chi connectivity index (χ4v) is 6.74. The van der Waals surface area contributed by atoms with E-state index < -0.39 is 11.9 Å². The number of phenols is 2. The lowest BCUT2D eigenvalue weighted by Gasteiger charge is -2.08. The molecule has 0 saturated carbocycles. The van der Waals surface area contributed by atoms with Crippen LogP contribution >= 0.6 is 0 Å². The lowest BCUT2D eigenvalue weighted by Crippen LogP contribution is -2.08. The topological polar surface area (TPSA) is 136 Å². The summed E-state index contributed by atoms with van der Waals surface area (Å²) in [5, 5.41) is 21.1. The van der Waals surface area contributed by atoms with Crippen molar-refractivity contribution in [3.63, 3.8) is 0 Å². The summed E-state index contributed by atoms with van der Waals surface area (Å²) in [6, 6.07) is 39.7. The van der Waals surface area contributed by atoms with E-state index in [1.807, 2.05) is 72.8 Å². The van der Waals surface area contributed by atoms with Gasteiger partial charge in [-0.2, -0.15) is 0 Å². The highest BCUT2D eigenvalue weighted by atomic mass is 16.5. The molecule has 6 rings (SSSR count). The van der Waals surface area contributed by atoms with E-state index in [4.69, 9.17) is 18.9 Å². The number of hydrogen-bond acceptors (Lipinski definition) is 10. The van der Waals surface area contributed by atoms with Crippen LogP contribution in [0, 0.1) is 0 Å². The van der Waals surface area contributed by atoms with Gasteiger partial charge in [0.2, 0.25) is 0 Å². The van der Waals surface area contributed by atoms with Gasteiger partial charge in [0.05, 0.1) is 24.3 Å². The third-order valence-electron chi connectivity index (χ3n) is 10.6. The first-order valence-electron chi connectivity index (χ1n) is 22.6. The van der Waals surface area contributed by atoms with Crippen LogP contribution in [0.2, 0.25) is 0 Å². The molecule has 0 aliphatic heterocycles. The van der Waals surface area contributed by atoms with Crippen molar-refractivity contribution in [2.45, 2.75) is 71.6 Å². The van der Waals surface area contributed by atoms with Gasteiger partial charge in [0.25, 0.3) is 0 Å². The van der Waals surface area contributed by atoms with Crippen LogP contribution in [0.15, 0.2) is 143 Å². The van der Waals surface area contributed by atoms with E-state index in [9.17, 15) is 19.8 Å². The Kier molecular flexibility index (Phi) is 18.3. The van der Waals surface area contributed by atoms with Crippen molar-refractivity contribution >= 4 is 24.4 Å². The van der Waals surface area contributed by atoms with Crippen LogP contribution in [0.4, 0.5) is 0 Å². The molecule has 0 fully saturated rings. The largest absolute Gasteiger partial charge is 0.507 e. The minimum absolute atomic E-state index is 0.0194. The molecule has 0 amide bonds. The van der Waals surface area contributed by atoms with Crippen molar-refractivity contribution in [2.75, 3.05) is 26.3 Å². The molecule has 0 aliphatic carbocycles. The minimum Gasteiger partial charge on any atom is -0.507 e. The normalized spacial score (nSPS) is 11.2. The van der Waals surface area contributed by atoms with Gasteiger partial charge in [-0.3, -0.25) is 9.98 Å². The van der Waals surface area contributed by atoms with Crippen molar-refractivity contribution in [3.8, 4) is 56.8 Å². The molecule has 0 saturated heterocycles. The van der Waals surface area contributed by atoms with E-state index in [1.54, 1.807) is 61.0 Å². The number of hydrogen-bond donors (Lipinski definition) is 2. The second kappa shape index (κ2) is 25.2. The number of unbranched alkanes of at least 4 members (excludes halogenated alkanes) is 6. The van der Waals surface area contributed by atoms with E-state index >= 15 is 0 Å². The molecule has 0 spiro atoms. The smallest absolute Gasteiger partial charge is 0.343 e. The lowest BCUT2D eigenvalue weighted by molar-refractivity contribution is 0.0725. The van der Waals surface area contributed by atoms with Gasteiger partial charge in [0, 0.05) is 48.8 Å². The Labute approximate surface area is 382 Å². The Morgan fingerprint density at radius 2 is 0.785 bits per heavy atom. The Bertz CT molecular complexity index is 2300. The average Bonchev–Trinajstić information content (AvgIpc) is 3.32. The van der Waals surface area contributed by atoms with E-state index in [-0.39, 0.29) is 23.0 Å². The zero-order chi connectivity index (χ0) is 45.6. The van der Waals surface area contributed by atoms with Crippen LogP contribution in [-0.4, -0.2) is 60.9 Å². The number of benzene rings is 6. The SMILES string of the molecule is CCCCOc1ccc(-c2ccc(C(=O)Oc3ccc(C=NCCCCCCCN=Cc4ccc(OC(=O)c5ccc(-c6ccc(OCCCC)cc6)cc5)cc4O)c(O)c3)cc2)cc1. The number of carbonyl (C=O) groups is 2. The fraction of sp³-hybridized carbons (Fsp3) is 0.273. The predicted molar refractivity (Wildman–Crippen MR) is 259 cm³/mol. The average molecular weight is 875 g/mol. The summed E-state index contributed by atoms with van der Waals surface area (Å²) in [6.07, 6.45) is 12.4. The Morgan fingerprint density at radius 1 is 0.446 bits per heavy atom. The molecule has 0 bridgehead atoms. The maximum absolute atomic E-state index is 12.8. The highest BCUT2D eigenvalue weighted by molar-refractivity contribution is 5.93. The maximum Gasteiger partial charge on any atom is 0.343 e. The van der Waals surface area contributed by atoms with Gasteiger partial charge in [0.15, 0.2) is 0 Å². The number of carbonyl (C=O) groups excluding carboxylic acids is 2. The van der Waals surface area contributed by atoms with E-state index in [0.29, 0.717) is 48.6 Å². The van der Waals surface area contributed by atoms with E-state index in [1.165, 1.54) is 12.1 Å². The minimum atomic E-state index is -0.513. The summed E-state index contributed by atoms with van der Waals surface area (Å²) in [4.78, 5) is 34.6. The van der Waals surface area contributed by atoms with E-state index in [2.05, 4.69) is 23.8 Å². The highest BCUT2D eigenvalue weighted by Crippen LogP contribution is 2.28. The van der Waals surface area contributed by atoms with Gasteiger partial charge in [-0.05, 0) is 121 Å². The molecule has 0 unspecified atom stereocenters. The predicted octanol–water partition coefficient (Wildman–Crippen LogP) is 12.7. The molecule has 65 heavy (non-hydrogen) atoms. The van der Waals surface area contributed by atoms with Gasteiger partial charge >= 0.3 is 11.9 Å². The summed E-state index contributed by atoms with van der Waals surface area (Å²) < 4.78 is 22.6. The van der Waals surface area contributed by atoms with Crippen LogP contribution in [0.5, 0.6) is 34.5 Å². The van der Waals surface area contributed by atoms with Crippen molar-refractivity contribution in [1.82, 2.24) is 0 Å². The third kappa shape index (κ3) is 15.0. The molecule has 6 aromatic rings. The molecule has 6 aromatic carbocycles. The number of nitrogens with zero attached hydrogens (tertiary/aromatic N) is 2. The number of esters is 2. The summed E-state index contributed by atoms with van der Waals surface area (Å²) in [6.45, 7) is 6.92. The zero-order valence-corrected chi connectivity index (χ0v) is 37.3. The number of rotatable bonds is 24. The quantitative estimate of drug-likeness (QED) is 0.0265.